The first-order chi connectivity index (χ1) is 11.0. The third-order valence-corrected chi connectivity index (χ3v) is 6.27. The zero-order chi connectivity index (χ0) is 16.3. The molecular weight excluding hydrogens is 330 g/mol. The van der Waals surface area contributed by atoms with Crippen molar-refractivity contribution >= 4 is 27.0 Å². The monoisotopic (exact) mass is 351 g/mol. The Bertz CT molecular complexity index is 761. The lowest BCUT2D eigenvalue weighted by molar-refractivity contribution is 0.601. The molecule has 0 radical (unpaired) electrons. The van der Waals surface area contributed by atoms with Gasteiger partial charge in [0.05, 0.1) is 10.7 Å². The number of pyridine rings is 1. The van der Waals surface area contributed by atoms with Crippen molar-refractivity contribution in [3.05, 3.63) is 33.9 Å². The van der Waals surface area contributed by atoms with Gasteiger partial charge < -0.3 is 5.32 Å². The van der Waals surface area contributed by atoms with Crippen molar-refractivity contribution < 1.29 is 8.42 Å². The average Bonchev–Trinajstić information content (AvgIpc) is 2.94. The Morgan fingerprint density at radius 1 is 1.30 bits per heavy atom. The lowest BCUT2D eigenvalue weighted by Crippen LogP contribution is -2.09. The second-order valence-corrected chi connectivity index (χ2v) is 8.99. The number of aryl methyl sites for hydroxylation is 3. The maximum atomic E-state index is 11.7. The zero-order valence-electron chi connectivity index (χ0n) is 13.2. The van der Waals surface area contributed by atoms with Crippen LogP contribution in [0.25, 0.3) is 0 Å². The molecule has 1 aliphatic carbocycles. The summed E-state index contributed by atoms with van der Waals surface area (Å²) in [5, 5.41) is 4.34. The van der Waals surface area contributed by atoms with Gasteiger partial charge >= 0.3 is 0 Å². The minimum absolute atomic E-state index is 0.254. The van der Waals surface area contributed by atoms with Crippen molar-refractivity contribution in [3.63, 3.8) is 0 Å². The highest BCUT2D eigenvalue weighted by atomic mass is 32.2. The fourth-order valence-corrected chi connectivity index (χ4v) is 4.78. The van der Waals surface area contributed by atoms with E-state index in [4.69, 9.17) is 4.98 Å². The molecule has 0 unspecified atom stereocenters. The van der Waals surface area contributed by atoms with Crippen molar-refractivity contribution in [3.8, 4) is 0 Å². The van der Waals surface area contributed by atoms with Gasteiger partial charge in [0.2, 0.25) is 0 Å². The summed E-state index contributed by atoms with van der Waals surface area (Å²) in [7, 11) is -3.26. The third-order valence-electron chi connectivity index (χ3n) is 3.92. The van der Waals surface area contributed by atoms with Gasteiger partial charge in [-0.15, -0.1) is 11.3 Å². The highest BCUT2D eigenvalue weighted by Gasteiger charge is 2.15. The summed E-state index contributed by atoms with van der Waals surface area (Å²) >= 11 is 1.84. The van der Waals surface area contributed by atoms with Crippen molar-refractivity contribution in [1.29, 1.82) is 0 Å². The molecule has 0 spiro atoms. The van der Waals surface area contributed by atoms with Crippen LogP contribution in [0.2, 0.25) is 0 Å². The normalized spacial score (nSPS) is 14.5. The van der Waals surface area contributed by atoms with Crippen LogP contribution in [0.5, 0.6) is 0 Å². The van der Waals surface area contributed by atoms with E-state index in [2.05, 4.69) is 10.3 Å². The third kappa shape index (κ3) is 4.09. The summed E-state index contributed by atoms with van der Waals surface area (Å²) in [6, 6.07) is 3.22. The molecule has 23 heavy (non-hydrogen) atoms. The van der Waals surface area contributed by atoms with Crippen LogP contribution in [-0.4, -0.2) is 31.2 Å². The predicted molar refractivity (Wildman–Crippen MR) is 92.9 cm³/mol. The Labute approximate surface area is 141 Å². The minimum Gasteiger partial charge on any atom is -0.369 e. The summed E-state index contributed by atoms with van der Waals surface area (Å²) < 4.78 is 23.5. The Morgan fingerprint density at radius 2 is 2.13 bits per heavy atom. The van der Waals surface area contributed by atoms with Gasteiger partial charge in [0, 0.05) is 30.3 Å². The van der Waals surface area contributed by atoms with E-state index in [1.807, 2.05) is 11.3 Å². The second-order valence-electron chi connectivity index (χ2n) is 5.84. The van der Waals surface area contributed by atoms with Gasteiger partial charge in [-0.05, 0) is 44.2 Å². The van der Waals surface area contributed by atoms with Crippen LogP contribution >= 0.6 is 11.3 Å². The standard InChI is InChI=1S/C16H21N3O2S2/c1-23(20,21)14-8-4-10-17-16(14)18-11-5-9-15-19-12-6-2-3-7-13(12)22-15/h4,8,10H,2-3,5-7,9,11H2,1H3,(H,17,18). The molecule has 5 nitrogen and oxygen atoms in total. The van der Waals surface area contributed by atoms with Crippen LogP contribution in [-0.2, 0) is 29.1 Å². The quantitative estimate of drug-likeness (QED) is 0.810. The minimum atomic E-state index is -3.26. The van der Waals surface area contributed by atoms with Crippen LogP contribution in [0.15, 0.2) is 23.2 Å². The molecule has 1 N–H and O–H groups in total. The molecule has 2 heterocycles. The largest absolute Gasteiger partial charge is 0.369 e. The molecule has 0 fully saturated rings. The number of thiazole rings is 1. The summed E-state index contributed by atoms with van der Waals surface area (Å²) in [5.74, 6) is 0.438. The number of anilines is 1. The Hall–Kier alpha value is -1.47. The number of nitrogens with one attached hydrogen (secondary N) is 1. The van der Waals surface area contributed by atoms with E-state index in [1.165, 1.54) is 41.1 Å². The highest BCUT2D eigenvalue weighted by molar-refractivity contribution is 7.90. The highest BCUT2D eigenvalue weighted by Crippen LogP contribution is 2.27. The molecule has 0 amide bonds. The van der Waals surface area contributed by atoms with Crippen molar-refractivity contribution in [2.24, 2.45) is 0 Å². The van der Waals surface area contributed by atoms with E-state index in [-0.39, 0.29) is 4.90 Å². The number of sulfone groups is 1. The lowest BCUT2D eigenvalue weighted by Gasteiger charge is -2.08. The predicted octanol–water partition coefficient (Wildman–Crippen LogP) is 2.87. The van der Waals surface area contributed by atoms with Crippen LogP contribution in [0.1, 0.15) is 34.8 Å². The van der Waals surface area contributed by atoms with E-state index in [0.29, 0.717) is 12.4 Å². The molecule has 0 bridgehead atoms. The van der Waals surface area contributed by atoms with E-state index in [9.17, 15) is 8.42 Å². The first-order valence-electron chi connectivity index (χ1n) is 7.90. The maximum Gasteiger partial charge on any atom is 0.179 e. The molecule has 1 aliphatic rings. The van der Waals surface area contributed by atoms with Gasteiger partial charge in [0.25, 0.3) is 0 Å². The Morgan fingerprint density at radius 3 is 2.91 bits per heavy atom. The molecule has 0 aliphatic heterocycles. The number of hydrogen-bond donors (Lipinski definition) is 1. The first-order valence-corrected chi connectivity index (χ1v) is 10.6. The Kier molecular flexibility index (Phi) is 4.96. The fraction of sp³-hybridized carbons (Fsp3) is 0.500. The summed E-state index contributed by atoms with van der Waals surface area (Å²) in [6.45, 7) is 0.684. The van der Waals surface area contributed by atoms with Gasteiger partial charge in [0.15, 0.2) is 9.84 Å². The van der Waals surface area contributed by atoms with Crippen LogP contribution in [0, 0.1) is 0 Å². The SMILES string of the molecule is CS(=O)(=O)c1cccnc1NCCCc1nc2c(s1)CCCC2. The molecule has 2 aromatic heterocycles. The average molecular weight is 351 g/mol. The van der Waals surface area contributed by atoms with Gasteiger partial charge in [-0.25, -0.2) is 18.4 Å². The van der Waals surface area contributed by atoms with Gasteiger partial charge in [0.1, 0.15) is 10.7 Å². The van der Waals surface area contributed by atoms with Crippen molar-refractivity contribution in [2.45, 2.75) is 43.4 Å². The molecule has 0 aromatic carbocycles. The van der Waals surface area contributed by atoms with Gasteiger partial charge in [-0.2, -0.15) is 0 Å². The zero-order valence-corrected chi connectivity index (χ0v) is 14.8. The molecule has 7 heteroatoms. The van der Waals surface area contributed by atoms with E-state index in [0.717, 1.165) is 19.3 Å². The number of nitrogens with zero attached hydrogens (tertiary/aromatic N) is 2. The lowest BCUT2D eigenvalue weighted by atomic mass is 10.0. The Balaban J connectivity index is 1.55. The molecule has 3 rings (SSSR count). The van der Waals surface area contributed by atoms with Crippen LogP contribution in [0.4, 0.5) is 5.82 Å². The molecule has 2 aromatic rings. The van der Waals surface area contributed by atoms with Gasteiger partial charge in [-0.1, -0.05) is 0 Å². The van der Waals surface area contributed by atoms with Gasteiger partial charge in [-0.3, -0.25) is 0 Å². The fourth-order valence-electron chi connectivity index (χ4n) is 2.78. The number of hydrogen-bond acceptors (Lipinski definition) is 6. The topological polar surface area (TPSA) is 72.0 Å². The van der Waals surface area contributed by atoms with Crippen LogP contribution in [0.3, 0.4) is 0 Å². The van der Waals surface area contributed by atoms with Crippen molar-refractivity contribution in [2.75, 3.05) is 18.1 Å². The molecule has 0 atom stereocenters. The number of fused-ring (bicyclic) bond motifs is 1. The molecule has 0 saturated carbocycles. The summed E-state index contributed by atoms with van der Waals surface area (Å²) in [5.41, 5.74) is 1.30. The van der Waals surface area contributed by atoms with Crippen molar-refractivity contribution in [1.82, 2.24) is 9.97 Å². The molecular formula is C16H21N3O2S2. The first kappa shape index (κ1) is 16.4. The van der Waals surface area contributed by atoms with E-state index >= 15 is 0 Å². The van der Waals surface area contributed by atoms with Crippen LogP contribution < -0.4 is 5.32 Å². The summed E-state index contributed by atoms with van der Waals surface area (Å²) in [6.07, 6.45) is 9.47. The molecule has 0 saturated heterocycles. The smallest absolute Gasteiger partial charge is 0.179 e. The maximum absolute atomic E-state index is 11.7. The van der Waals surface area contributed by atoms with E-state index < -0.39 is 9.84 Å². The summed E-state index contributed by atoms with van der Waals surface area (Å²) in [4.78, 5) is 10.6. The molecule has 124 valence electrons. The van der Waals surface area contributed by atoms with E-state index in [1.54, 1.807) is 18.3 Å². The number of rotatable bonds is 6. The second kappa shape index (κ2) is 6.97. The number of aromatic nitrogens is 2.